The summed E-state index contributed by atoms with van der Waals surface area (Å²) in [6.45, 7) is 8.33. The Labute approximate surface area is 141 Å². The molecule has 3 aromatic rings. The first-order valence-corrected chi connectivity index (χ1v) is 8.30. The van der Waals surface area contributed by atoms with Gasteiger partial charge in [-0.2, -0.15) is 0 Å². The zero-order valence-corrected chi connectivity index (χ0v) is 14.5. The van der Waals surface area contributed by atoms with E-state index in [0.29, 0.717) is 18.2 Å². The normalized spacial score (nSPS) is 14.2. The summed E-state index contributed by atoms with van der Waals surface area (Å²) >= 11 is 0. The van der Waals surface area contributed by atoms with E-state index < -0.39 is 0 Å². The molecule has 0 spiro atoms. The summed E-state index contributed by atoms with van der Waals surface area (Å²) in [7, 11) is 0. The number of nitrogens with zero attached hydrogens (tertiary/aromatic N) is 3. The second kappa shape index (κ2) is 7.03. The fraction of sp³-hybridized carbons (Fsp3) is 0.500. The van der Waals surface area contributed by atoms with E-state index in [1.54, 1.807) is 18.7 Å². The van der Waals surface area contributed by atoms with Crippen LogP contribution in [0.3, 0.4) is 0 Å². The van der Waals surface area contributed by atoms with Crippen molar-refractivity contribution in [3.05, 3.63) is 54.0 Å². The first-order valence-electron chi connectivity index (χ1n) is 8.30. The maximum absolute atomic E-state index is 5.90. The molecular formula is C18H23N3O3. The summed E-state index contributed by atoms with van der Waals surface area (Å²) in [6.07, 6.45) is 8.11. The fourth-order valence-electron chi connectivity index (χ4n) is 2.55. The highest BCUT2D eigenvalue weighted by Gasteiger charge is 2.18. The van der Waals surface area contributed by atoms with Gasteiger partial charge >= 0.3 is 0 Å². The van der Waals surface area contributed by atoms with Gasteiger partial charge in [0, 0.05) is 30.6 Å². The third kappa shape index (κ3) is 3.75. The molecule has 0 aliphatic rings. The lowest BCUT2D eigenvalue weighted by molar-refractivity contribution is 0.386. The fourth-order valence-corrected chi connectivity index (χ4v) is 2.55. The van der Waals surface area contributed by atoms with E-state index in [1.165, 1.54) is 6.39 Å². The molecule has 6 nitrogen and oxygen atoms in total. The van der Waals surface area contributed by atoms with Crippen LogP contribution in [0.4, 0.5) is 0 Å². The molecule has 2 atom stereocenters. The van der Waals surface area contributed by atoms with Crippen LogP contribution in [-0.4, -0.2) is 15.0 Å². The van der Waals surface area contributed by atoms with Crippen molar-refractivity contribution in [2.45, 2.75) is 58.3 Å². The average Bonchev–Trinajstić information content (AvgIpc) is 3.28. The van der Waals surface area contributed by atoms with Crippen LogP contribution in [0.2, 0.25) is 0 Å². The summed E-state index contributed by atoms with van der Waals surface area (Å²) in [5.74, 6) is 3.87. The van der Waals surface area contributed by atoms with Crippen molar-refractivity contribution < 1.29 is 13.3 Å². The molecule has 3 aromatic heterocycles. The average molecular weight is 329 g/mol. The van der Waals surface area contributed by atoms with E-state index in [2.05, 4.69) is 42.6 Å². The largest absolute Gasteiger partial charge is 0.451 e. The third-order valence-electron chi connectivity index (χ3n) is 4.08. The summed E-state index contributed by atoms with van der Waals surface area (Å²) in [6, 6.07) is 0. The second-order valence-electron chi connectivity index (χ2n) is 6.60. The van der Waals surface area contributed by atoms with Crippen molar-refractivity contribution in [1.82, 2.24) is 15.0 Å². The first-order chi connectivity index (χ1) is 11.5. The summed E-state index contributed by atoms with van der Waals surface area (Å²) in [5, 5.41) is 0. The van der Waals surface area contributed by atoms with Gasteiger partial charge in [0.1, 0.15) is 17.8 Å². The number of rotatable bonds is 7. The van der Waals surface area contributed by atoms with Crippen LogP contribution in [0, 0.1) is 0 Å². The maximum Gasteiger partial charge on any atom is 0.197 e. The highest BCUT2D eigenvalue weighted by molar-refractivity contribution is 5.08. The maximum atomic E-state index is 5.90. The molecule has 0 bridgehead atoms. The Morgan fingerprint density at radius 3 is 2.42 bits per heavy atom. The van der Waals surface area contributed by atoms with Crippen molar-refractivity contribution >= 4 is 0 Å². The Kier molecular flexibility index (Phi) is 4.83. The van der Waals surface area contributed by atoms with Gasteiger partial charge in [0.2, 0.25) is 0 Å². The molecule has 0 aromatic carbocycles. The molecule has 0 aliphatic carbocycles. The van der Waals surface area contributed by atoms with Gasteiger partial charge in [0.05, 0.1) is 18.1 Å². The van der Waals surface area contributed by atoms with Crippen LogP contribution in [0.25, 0.3) is 0 Å². The molecule has 0 amide bonds. The van der Waals surface area contributed by atoms with Gasteiger partial charge < -0.3 is 13.3 Å². The van der Waals surface area contributed by atoms with Gasteiger partial charge in [-0.05, 0) is 0 Å². The molecule has 0 saturated carbocycles. The molecule has 128 valence electrons. The van der Waals surface area contributed by atoms with Crippen LogP contribution >= 0.6 is 0 Å². The highest BCUT2D eigenvalue weighted by Crippen LogP contribution is 2.25. The van der Waals surface area contributed by atoms with Crippen molar-refractivity contribution in [1.29, 1.82) is 0 Å². The van der Waals surface area contributed by atoms with Gasteiger partial charge in [-0.3, -0.25) is 0 Å². The van der Waals surface area contributed by atoms with E-state index in [1.807, 2.05) is 0 Å². The van der Waals surface area contributed by atoms with Gasteiger partial charge in [0.15, 0.2) is 18.2 Å². The molecule has 24 heavy (non-hydrogen) atoms. The topological polar surface area (TPSA) is 78.1 Å². The Morgan fingerprint density at radius 2 is 1.75 bits per heavy atom. The Bertz CT molecular complexity index is 758. The van der Waals surface area contributed by atoms with Crippen molar-refractivity contribution in [2.75, 3.05) is 0 Å². The van der Waals surface area contributed by atoms with E-state index >= 15 is 0 Å². The monoisotopic (exact) mass is 329 g/mol. The number of oxazole rings is 3. The first kappa shape index (κ1) is 16.5. The lowest BCUT2D eigenvalue weighted by Gasteiger charge is -2.06. The van der Waals surface area contributed by atoms with E-state index in [-0.39, 0.29) is 11.8 Å². The molecule has 0 N–H and O–H groups in total. The van der Waals surface area contributed by atoms with Crippen LogP contribution in [0.1, 0.15) is 74.4 Å². The molecule has 3 rings (SSSR count). The van der Waals surface area contributed by atoms with E-state index in [9.17, 15) is 0 Å². The van der Waals surface area contributed by atoms with Gasteiger partial charge in [-0.1, -0.05) is 27.7 Å². The van der Waals surface area contributed by atoms with Gasteiger partial charge in [0.25, 0.3) is 0 Å². The minimum absolute atomic E-state index is 0.111. The molecule has 0 radical (unpaired) electrons. The molecule has 0 fully saturated rings. The Balaban J connectivity index is 1.61. The van der Waals surface area contributed by atoms with Gasteiger partial charge in [-0.15, -0.1) is 0 Å². The van der Waals surface area contributed by atoms with Crippen molar-refractivity contribution in [3.8, 4) is 0 Å². The Hall–Kier alpha value is -2.37. The predicted molar refractivity (Wildman–Crippen MR) is 87.8 cm³/mol. The number of hydrogen-bond acceptors (Lipinski definition) is 6. The minimum atomic E-state index is 0.111. The number of hydrogen-bond donors (Lipinski definition) is 0. The van der Waals surface area contributed by atoms with Gasteiger partial charge in [-0.25, -0.2) is 15.0 Å². The molecular weight excluding hydrogens is 306 g/mol. The molecule has 3 heterocycles. The zero-order valence-electron chi connectivity index (χ0n) is 14.5. The van der Waals surface area contributed by atoms with E-state index in [4.69, 9.17) is 13.3 Å². The summed E-state index contributed by atoms with van der Waals surface area (Å²) in [4.78, 5) is 12.9. The second-order valence-corrected chi connectivity index (χ2v) is 6.60. The molecule has 6 heteroatoms. The summed E-state index contributed by atoms with van der Waals surface area (Å²) in [5.41, 5.74) is 0.919. The predicted octanol–water partition coefficient (Wildman–Crippen LogP) is 4.47. The smallest absolute Gasteiger partial charge is 0.197 e. The SMILES string of the molecule is CC(C)c1cnc(CC(C)c2ncc(CC(C)c3cocn3)o2)o1. The Morgan fingerprint density at radius 1 is 0.917 bits per heavy atom. The van der Waals surface area contributed by atoms with Crippen LogP contribution < -0.4 is 0 Å². The van der Waals surface area contributed by atoms with Crippen molar-refractivity contribution in [3.63, 3.8) is 0 Å². The standard InChI is InChI=1S/C18H23N3O3/c1-11(2)16-8-19-17(24-16)6-13(4)18-20-7-14(23-18)5-12(3)15-9-22-10-21-15/h7-13H,5-6H2,1-4H3. The van der Waals surface area contributed by atoms with Crippen LogP contribution in [-0.2, 0) is 12.8 Å². The molecule has 0 saturated heterocycles. The quantitative estimate of drug-likeness (QED) is 0.636. The zero-order chi connectivity index (χ0) is 17.1. The molecule has 0 aliphatic heterocycles. The minimum Gasteiger partial charge on any atom is -0.451 e. The van der Waals surface area contributed by atoms with Crippen LogP contribution in [0.15, 0.2) is 38.3 Å². The van der Waals surface area contributed by atoms with Crippen LogP contribution in [0.5, 0.6) is 0 Å². The molecule has 2 unspecified atom stereocenters. The lowest BCUT2D eigenvalue weighted by atomic mass is 10.0. The highest BCUT2D eigenvalue weighted by atomic mass is 16.4. The summed E-state index contributed by atoms with van der Waals surface area (Å²) < 4.78 is 16.7. The number of aromatic nitrogens is 3. The van der Waals surface area contributed by atoms with E-state index in [0.717, 1.165) is 29.5 Å². The van der Waals surface area contributed by atoms with Crippen molar-refractivity contribution in [2.24, 2.45) is 0 Å². The lowest BCUT2D eigenvalue weighted by Crippen LogP contribution is -1.99. The third-order valence-corrected chi connectivity index (χ3v) is 4.08.